The minimum atomic E-state index is -0.993. The Morgan fingerprint density at radius 2 is 1.95 bits per heavy atom. The second-order valence-corrected chi connectivity index (χ2v) is 17.3. The number of amides is 1. The van der Waals surface area contributed by atoms with Crippen molar-refractivity contribution in [3.8, 4) is 29.0 Å². The number of carbonyl (C=O) groups is 2. The maximum Gasteiger partial charge on any atom is 0.412 e. The number of ether oxygens (including phenoxy) is 3. The smallest absolute Gasteiger partial charge is 0.412 e. The quantitative estimate of drug-likeness (QED) is 0.150. The molecule has 1 N–H and O–H groups in total. The van der Waals surface area contributed by atoms with E-state index in [4.69, 9.17) is 30.8 Å². The van der Waals surface area contributed by atoms with Gasteiger partial charge in [-0.25, -0.2) is 18.0 Å². The molecule has 3 aliphatic rings. The lowest BCUT2D eigenvalue weighted by Gasteiger charge is -2.33. The Kier molecular flexibility index (Phi) is 10.6. The van der Waals surface area contributed by atoms with Gasteiger partial charge >= 0.3 is 18.1 Å². The van der Waals surface area contributed by atoms with E-state index in [1.165, 1.54) is 18.3 Å². The number of alkyl halides is 1. The summed E-state index contributed by atoms with van der Waals surface area (Å²) >= 11 is 7.75. The van der Waals surface area contributed by atoms with E-state index in [-0.39, 0.29) is 66.3 Å². The molecule has 0 unspecified atom stereocenters. The minimum absolute atomic E-state index is 0.00361. The lowest BCUT2D eigenvalue weighted by molar-refractivity contribution is -0.139. The molecule has 3 saturated heterocycles. The molecule has 0 bridgehead atoms. The highest BCUT2D eigenvalue weighted by atomic mass is 35.5. The Morgan fingerprint density at radius 3 is 2.67 bits per heavy atom. The summed E-state index contributed by atoms with van der Waals surface area (Å²) in [5.74, 6) is -1.69. The number of rotatable bonds is 8. The molecule has 58 heavy (non-hydrogen) atoms. The number of piperidine rings is 1. The van der Waals surface area contributed by atoms with Gasteiger partial charge in [-0.1, -0.05) is 17.7 Å². The molecule has 12 nitrogen and oxygen atoms in total. The largest absolute Gasteiger partial charge is 0.461 e. The Hall–Kier alpha value is -5.24. The zero-order valence-corrected chi connectivity index (χ0v) is 33.5. The number of hydrogen-bond acceptors (Lipinski definition) is 12. The highest BCUT2D eigenvalue weighted by Gasteiger charge is 2.49. The lowest BCUT2D eigenvalue weighted by Crippen LogP contribution is -2.43. The molecule has 0 radical (unpaired) electrons. The van der Waals surface area contributed by atoms with Gasteiger partial charge in [-0.2, -0.15) is 15.2 Å². The van der Waals surface area contributed by atoms with Crippen LogP contribution in [0.15, 0.2) is 42.7 Å². The van der Waals surface area contributed by atoms with E-state index < -0.39 is 41.0 Å². The Morgan fingerprint density at radius 1 is 1.16 bits per heavy atom. The van der Waals surface area contributed by atoms with Gasteiger partial charge in [0.1, 0.15) is 52.4 Å². The van der Waals surface area contributed by atoms with Crippen molar-refractivity contribution < 1.29 is 37.0 Å². The number of halogens is 4. The number of nitrogens with zero attached hydrogens (tertiary/aromatic N) is 6. The average Bonchev–Trinajstić information content (AvgIpc) is 3.84. The third-order valence-electron chi connectivity index (χ3n) is 10.8. The molecule has 3 aliphatic heterocycles. The highest BCUT2D eigenvalue weighted by molar-refractivity contribution is 7.23. The summed E-state index contributed by atoms with van der Waals surface area (Å²) in [7, 11) is 0. The summed E-state index contributed by atoms with van der Waals surface area (Å²) in [4.78, 5) is 43.1. The second-order valence-electron chi connectivity index (χ2n) is 15.9. The van der Waals surface area contributed by atoms with Gasteiger partial charge in [0, 0.05) is 48.6 Å². The van der Waals surface area contributed by atoms with Gasteiger partial charge in [0.25, 0.3) is 0 Å². The number of esters is 1. The van der Waals surface area contributed by atoms with Crippen molar-refractivity contribution in [2.75, 3.05) is 43.0 Å². The van der Waals surface area contributed by atoms with Gasteiger partial charge in [0.15, 0.2) is 5.82 Å². The first kappa shape index (κ1) is 39.6. The van der Waals surface area contributed by atoms with Crippen LogP contribution in [0.2, 0.25) is 5.02 Å². The zero-order valence-electron chi connectivity index (χ0n) is 31.9. The number of aromatic nitrogens is 3. The molecule has 302 valence electrons. The van der Waals surface area contributed by atoms with Crippen LogP contribution < -0.4 is 19.7 Å². The molecular formula is C41H39ClF3N7O5S. The summed E-state index contributed by atoms with van der Waals surface area (Å²) in [6.07, 6.45) is 3.96. The van der Waals surface area contributed by atoms with Crippen molar-refractivity contribution in [2.45, 2.75) is 70.2 Å². The van der Waals surface area contributed by atoms with Crippen LogP contribution in [0.1, 0.15) is 58.4 Å². The van der Waals surface area contributed by atoms with E-state index in [0.29, 0.717) is 50.5 Å². The van der Waals surface area contributed by atoms with Crippen molar-refractivity contribution in [3.05, 3.63) is 64.9 Å². The number of benzene rings is 2. The van der Waals surface area contributed by atoms with Crippen molar-refractivity contribution in [1.82, 2.24) is 19.9 Å². The number of fused-ring (bicyclic) bond motifs is 3. The molecule has 2 aromatic carbocycles. The number of thiophene rings is 1. The first-order chi connectivity index (χ1) is 27.7. The first-order valence-electron chi connectivity index (χ1n) is 19.0. The molecule has 3 aromatic heterocycles. The molecule has 0 saturated carbocycles. The van der Waals surface area contributed by atoms with Crippen LogP contribution in [-0.4, -0.2) is 82.0 Å². The van der Waals surface area contributed by atoms with Crippen molar-refractivity contribution in [3.63, 3.8) is 0 Å². The van der Waals surface area contributed by atoms with Crippen molar-refractivity contribution >= 4 is 66.8 Å². The minimum Gasteiger partial charge on any atom is -0.461 e. The van der Waals surface area contributed by atoms with Crippen LogP contribution in [0.25, 0.3) is 32.1 Å². The maximum atomic E-state index is 17.4. The van der Waals surface area contributed by atoms with Gasteiger partial charge in [-0.05, 0) is 82.8 Å². The van der Waals surface area contributed by atoms with Crippen LogP contribution in [0.3, 0.4) is 0 Å². The summed E-state index contributed by atoms with van der Waals surface area (Å²) < 4.78 is 64.6. The summed E-state index contributed by atoms with van der Waals surface area (Å²) in [5.41, 5.74) is -1.68. The second kappa shape index (κ2) is 15.5. The molecule has 2 atom stereocenters. The molecule has 3 fully saturated rings. The van der Waals surface area contributed by atoms with Gasteiger partial charge in [-0.3, -0.25) is 20.0 Å². The lowest BCUT2D eigenvalue weighted by atomic mass is 9.95. The van der Waals surface area contributed by atoms with Crippen molar-refractivity contribution in [1.29, 1.82) is 5.26 Å². The van der Waals surface area contributed by atoms with Gasteiger partial charge in [0.2, 0.25) is 0 Å². The van der Waals surface area contributed by atoms with Gasteiger partial charge in [0.05, 0.1) is 32.9 Å². The van der Waals surface area contributed by atoms with Gasteiger partial charge in [-0.15, -0.1) is 11.3 Å². The molecule has 1 amide bonds. The Bertz CT molecular complexity index is 2470. The molecule has 0 aliphatic carbocycles. The summed E-state index contributed by atoms with van der Waals surface area (Å²) in [5, 5.41) is 13.1. The SMILES string of the molecule is CC(C)(C)OC(=O)Nc1sc2c(F)ccc(-c3c(Cl)cc4c(N5CCC(C(=O)Oc6cccnc6)CC5)nc(OC[C@@]56CCCN5C[C@H](F)C6)nc4c3F)c2c1C#N. The van der Waals surface area contributed by atoms with Crippen LogP contribution in [0.5, 0.6) is 11.8 Å². The number of nitrogens with one attached hydrogen (secondary N) is 1. The zero-order chi connectivity index (χ0) is 40.9. The summed E-state index contributed by atoms with van der Waals surface area (Å²) in [6, 6.07) is 9.23. The fraction of sp³-hybridized carbons (Fsp3) is 0.415. The monoisotopic (exact) mass is 833 g/mol. The summed E-state index contributed by atoms with van der Waals surface area (Å²) in [6.45, 7) is 6.90. The van der Waals surface area contributed by atoms with Gasteiger partial charge < -0.3 is 19.1 Å². The number of nitriles is 1. The fourth-order valence-electron chi connectivity index (χ4n) is 8.27. The molecule has 0 spiro atoms. The molecular weight excluding hydrogens is 795 g/mol. The predicted octanol–water partition coefficient (Wildman–Crippen LogP) is 8.83. The van der Waals surface area contributed by atoms with Crippen LogP contribution in [-0.2, 0) is 9.53 Å². The fourth-order valence-corrected chi connectivity index (χ4v) is 9.63. The number of hydrogen-bond donors (Lipinski definition) is 1. The average molecular weight is 834 g/mol. The van der Waals surface area contributed by atoms with Crippen LogP contribution in [0, 0.1) is 28.9 Å². The van der Waals surface area contributed by atoms with Crippen LogP contribution >= 0.6 is 22.9 Å². The van der Waals surface area contributed by atoms with E-state index >= 15 is 8.78 Å². The van der Waals surface area contributed by atoms with E-state index in [0.717, 1.165) is 36.8 Å². The highest BCUT2D eigenvalue weighted by Crippen LogP contribution is 2.47. The van der Waals surface area contributed by atoms with E-state index in [1.54, 1.807) is 39.1 Å². The Labute approximate surface area is 340 Å². The van der Waals surface area contributed by atoms with E-state index in [2.05, 4.69) is 20.2 Å². The third kappa shape index (κ3) is 7.58. The topological polar surface area (TPSA) is 143 Å². The van der Waals surface area contributed by atoms with E-state index in [9.17, 15) is 19.2 Å². The first-order valence-corrected chi connectivity index (χ1v) is 20.2. The normalized spacial score (nSPS) is 20.0. The van der Waals surface area contributed by atoms with Crippen LogP contribution in [0.4, 0.5) is 28.8 Å². The molecule has 6 heterocycles. The Balaban J connectivity index is 1.19. The predicted molar refractivity (Wildman–Crippen MR) is 213 cm³/mol. The molecule has 8 rings (SSSR count). The molecule has 17 heteroatoms. The number of anilines is 2. The van der Waals surface area contributed by atoms with Crippen molar-refractivity contribution in [2.24, 2.45) is 5.92 Å². The molecule has 5 aromatic rings. The third-order valence-corrected chi connectivity index (χ3v) is 12.3. The van der Waals surface area contributed by atoms with E-state index in [1.807, 2.05) is 11.0 Å². The maximum absolute atomic E-state index is 17.4. The standard InChI is InChI=1S/C41H39ClF3N7O5S/c1-40(2,3)57-39(54)50-36-27(18-46)30-25(7-8-29(44)34(30)58-36)31-28(42)16-26-33(32(31)45)48-38(55-21-41-11-5-13-52(41)20-23(43)17-41)49-35(26)51-14-9-22(10-15-51)37(53)56-24-6-4-12-47-19-24/h4,6-8,12,16,19,22-23H,5,9-11,13-15,17,20-21H2,1-3H3,(H,50,54)/t23-,41+/m1/s1. The number of carbonyl (C=O) groups excluding carboxylic acids is 2. The number of pyridine rings is 1.